The molecule has 5 heteroatoms. The van der Waals surface area contributed by atoms with E-state index in [9.17, 15) is 4.39 Å². The number of quaternary nitrogens is 1. The lowest BCUT2D eigenvalue weighted by atomic mass is 10.9. The van der Waals surface area contributed by atoms with E-state index >= 15 is 0 Å². The van der Waals surface area contributed by atoms with Crippen molar-refractivity contribution in [1.29, 1.82) is 0 Å². The van der Waals surface area contributed by atoms with Crippen molar-refractivity contribution in [3.8, 4) is 0 Å². The van der Waals surface area contributed by atoms with Crippen LogP contribution in [0.3, 0.4) is 0 Å². The first-order valence-corrected chi connectivity index (χ1v) is 4.24. The molecule has 1 atom stereocenters. The predicted octanol–water partition coefficient (Wildman–Crippen LogP) is 0.592. The van der Waals surface area contributed by atoms with Crippen molar-refractivity contribution >= 4 is 21.5 Å². The summed E-state index contributed by atoms with van der Waals surface area (Å²) in [6.45, 7) is -0.263. The molecule has 0 rings (SSSR count). The third-order valence-electron chi connectivity index (χ3n) is 0.568. The van der Waals surface area contributed by atoms with Crippen LogP contribution in [0.4, 0.5) is 4.39 Å². The van der Waals surface area contributed by atoms with E-state index in [1.807, 2.05) is 14.1 Å². The van der Waals surface area contributed by atoms with Crippen molar-refractivity contribution in [2.75, 3.05) is 26.9 Å². The third-order valence-corrected chi connectivity index (χ3v) is 1.98. The molecule has 0 spiro atoms. The lowest BCUT2D eigenvalue weighted by Gasteiger charge is -2.34. The van der Waals surface area contributed by atoms with Crippen LogP contribution in [-0.4, -0.2) is 30.9 Å². The van der Waals surface area contributed by atoms with E-state index in [-0.39, 0.29) is 6.67 Å². The largest absolute Gasteiger partial charge is 0.470 e. The SMILES string of the molecule is C[N+](C)([S-])NPCCF. The zero-order valence-corrected chi connectivity index (χ0v) is 7.46. The Bertz CT molecular complexity index is 75.5. The summed E-state index contributed by atoms with van der Waals surface area (Å²) < 4.78 is 11.8. The molecule has 0 heterocycles. The standard InChI is InChI=1S/C4H12FN2PS/c1-7(2,9)6-8-4-3-5/h6,8H,3-4H2,1-2H3. The molecular weight excluding hydrogens is 158 g/mol. The van der Waals surface area contributed by atoms with Crippen LogP contribution >= 0.6 is 8.73 Å². The first kappa shape index (κ1) is 9.63. The highest BCUT2D eigenvalue weighted by Crippen LogP contribution is 2.05. The number of alkyl halides is 1. The fraction of sp³-hybridized carbons (Fsp3) is 1.00. The maximum Gasteiger partial charge on any atom is 0.0944 e. The fourth-order valence-corrected chi connectivity index (χ4v) is 1.07. The zero-order chi connectivity index (χ0) is 7.33. The van der Waals surface area contributed by atoms with E-state index in [0.29, 0.717) is 18.9 Å². The molecule has 0 aromatic carbocycles. The summed E-state index contributed by atoms with van der Waals surface area (Å²) >= 11 is 4.91. The van der Waals surface area contributed by atoms with Crippen LogP contribution in [0.1, 0.15) is 0 Å². The smallest absolute Gasteiger partial charge is 0.0944 e. The molecule has 1 N–H and O–H groups in total. The Morgan fingerprint density at radius 1 is 1.67 bits per heavy atom. The summed E-state index contributed by atoms with van der Waals surface area (Å²) in [6.07, 6.45) is 0.568. The molecule has 0 bridgehead atoms. The van der Waals surface area contributed by atoms with Crippen LogP contribution in [0.5, 0.6) is 0 Å². The average Bonchev–Trinajstić information content (AvgIpc) is 1.63. The Balaban J connectivity index is 3.07. The number of halogens is 1. The second-order valence-electron chi connectivity index (χ2n) is 2.08. The van der Waals surface area contributed by atoms with Crippen molar-refractivity contribution in [1.82, 2.24) is 5.20 Å². The van der Waals surface area contributed by atoms with Gasteiger partial charge in [-0.25, -0.2) is 0 Å². The Morgan fingerprint density at radius 2 is 2.22 bits per heavy atom. The number of rotatable bonds is 4. The second-order valence-corrected chi connectivity index (χ2v) is 4.07. The van der Waals surface area contributed by atoms with Gasteiger partial charge in [-0.05, 0) is 0 Å². The molecule has 0 aliphatic heterocycles. The van der Waals surface area contributed by atoms with Crippen molar-refractivity contribution < 1.29 is 8.39 Å². The summed E-state index contributed by atoms with van der Waals surface area (Å²) in [5.41, 5.74) is 0. The summed E-state index contributed by atoms with van der Waals surface area (Å²) in [5, 5.41) is 2.96. The number of nitrogens with one attached hydrogen (secondary N) is 1. The van der Waals surface area contributed by atoms with Crippen molar-refractivity contribution in [2.45, 2.75) is 0 Å². The minimum atomic E-state index is -0.263. The van der Waals surface area contributed by atoms with E-state index in [2.05, 4.69) is 5.20 Å². The molecule has 0 saturated carbocycles. The van der Waals surface area contributed by atoms with E-state index in [4.69, 9.17) is 12.8 Å². The highest BCUT2D eigenvalue weighted by Gasteiger charge is 1.95. The molecule has 0 aromatic heterocycles. The maximum atomic E-state index is 11.5. The van der Waals surface area contributed by atoms with Crippen LogP contribution in [0.15, 0.2) is 0 Å². The minimum Gasteiger partial charge on any atom is -0.470 e. The van der Waals surface area contributed by atoms with Gasteiger partial charge < -0.3 is 16.8 Å². The van der Waals surface area contributed by atoms with Crippen LogP contribution in [0.2, 0.25) is 0 Å². The lowest BCUT2D eigenvalue weighted by molar-refractivity contribution is -0.782. The quantitative estimate of drug-likeness (QED) is 0.218. The number of hydrogen-bond acceptors (Lipinski definition) is 2. The van der Waals surface area contributed by atoms with Gasteiger partial charge in [-0.3, -0.25) is 4.39 Å². The first-order chi connectivity index (χ1) is 4.06. The Labute approximate surface area is 62.8 Å². The van der Waals surface area contributed by atoms with Crippen LogP contribution in [0.25, 0.3) is 0 Å². The molecule has 9 heavy (non-hydrogen) atoms. The van der Waals surface area contributed by atoms with Gasteiger partial charge in [0.15, 0.2) is 0 Å². The maximum absolute atomic E-state index is 11.5. The second kappa shape index (κ2) is 4.45. The van der Waals surface area contributed by atoms with E-state index in [1.54, 1.807) is 0 Å². The highest BCUT2D eigenvalue weighted by molar-refractivity contribution is 7.52. The molecule has 0 aromatic rings. The van der Waals surface area contributed by atoms with E-state index < -0.39 is 0 Å². The zero-order valence-electron chi connectivity index (χ0n) is 5.65. The monoisotopic (exact) mass is 170 g/mol. The van der Waals surface area contributed by atoms with Gasteiger partial charge in [0.25, 0.3) is 0 Å². The average molecular weight is 170 g/mol. The molecule has 0 fully saturated rings. The van der Waals surface area contributed by atoms with Gasteiger partial charge in [-0.1, -0.05) is 0 Å². The Morgan fingerprint density at radius 3 is 2.56 bits per heavy atom. The molecule has 1 unspecified atom stereocenters. The predicted molar refractivity (Wildman–Crippen MR) is 41.8 cm³/mol. The normalized spacial score (nSPS) is 13.3. The molecule has 0 aliphatic carbocycles. The fourth-order valence-electron chi connectivity index (χ4n) is 0.294. The van der Waals surface area contributed by atoms with Crippen LogP contribution < -0.4 is 5.20 Å². The van der Waals surface area contributed by atoms with Gasteiger partial charge in [0.05, 0.1) is 20.8 Å². The number of nitrogens with zero attached hydrogens (tertiary/aromatic N) is 1. The summed E-state index contributed by atoms with van der Waals surface area (Å²) in [6, 6.07) is 0. The number of hydrogen-bond donors (Lipinski definition) is 1. The van der Waals surface area contributed by atoms with Crippen LogP contribution in [0, 0.1) is 0 Å². The van der Waals surface area contributed by atoms with Crippen LogP contribution in [-0.2, 0) is 12.8 Å². The van der Waals surface area contributed by atoms with Crippen molar-refractivity contribution in [2.24, 2.45) is 0 Å². The van der Waals surface area contributed by atoms with Gasteiger partial charge >= 0.3 is 0 Å². The van der Waals surface area contributed by atoms with Gasteiger partial charge in [-0.2, -0.15) is 5.20 Å². The van der Waals surface area contributed by atoms with E-state index in [1.165, 1.54) is 0 Å². The van der Waals surface area contributed by atoms with Crippen molar-refractivity contribution in [3.63, 3.8) is 0 Å². The van der Waals surface area contributed by atoms with Gasteiger partial charge in [0, 0.05) is 14.9 Å². The molecule has 0 amide bonds. The Kier molecular flexibility index (Phi) is 4.76. The molecular formula is C4H12FN2PS. The molecule has 2 nitrogen and oxygen atoms in total. The molecule has 0 aliphatic rings. The molecule has 0 saturated heterocycles. The van der Waals surface area contributed by atoms with Gasteiger partial charge in [0.2, 0.25) is 0 Å². The summed E-state index contributed by atoms with van der Waals surface area (Å²) in [4.78, 5) is 0. The van der Waals surface area contributed by atoms with E-state index in [0.717, 1.165) is 0 Å². The summed E-state index contributed by atoms with van der Waals surface area (Å²) in [7, 11) is 4.09. The van der Waals surface area contributed by atoms with Gasteiger partial charge in [0.1, 0.15) is 0 Å². The third kappa shape index (κ3) is 8.63. The molecule has 0 radical (unpaired) electrons. The highest BCUT2D eigenvalue weighted by atomic mass is 32.1. The van der Waals surface area contributed by atoms with Gasteiger partial charge in [-0.15, -0.1) is 0 Å². The molecule has 56 valence electrons. The summed E-state index contributed by atoms with van der Waals surface area (Å²) in [5.74, 6) is 0. The minimum absolute atomic E-state index is 0.263. The first-order valence-electron chi connectivity index (χ1n) is 2.67. The van der Waals surface area contributed by atoms with Crippen molar-refractivity contribution in [3.05, 3.63) is 0 Å². The lowest BCUT2D eigenvalue weighted by Crippen LogP contribution is -2.41. The topological polar surface area (TPSA) is 12.0 Å². The Hall–Kier alpha value is 0.630.